The van der Waals surface area contributed by atoms with Gasteiger partial charge in [0.05, 0.1) is 0 Å². The molecule has 0 saturated carbocycles. The number of carbonyl (C=O) groups is 2. The van der Waals surface area contributed by atoms with E-state index in [-0.39, 0.29) is 5.91 Å². The molecule has 21 heavy (non-hydrogen) atoms. The van der Waals surface area contributed by atoms with E-state index in [4.69, 9.17) is 4.74 Å². The van der Waals surface area contributed by atoms with Gasteiger partial charge in [-0.25, -0.2) is 4.79 Å². The second-order valence-electron chi connectivity index (χ2n) is 6.54. The standard InChI is InChI=1S/C15H29N3O3/c1-15(2,3)21-14(20)16-8-7-13(19)17(4)11-12-18-9-5-6-10-18/h5-12H2,1-4H3,(H,16,20). The van der Waals surface area contributed by atoms with Gasteiger partial charge in [-0.3, -0.25) is 4.79 Å². The molecule has 0 atom stereocenters. The molecule has 1 rings (SSSR count). The van der Waals surface area contributed by atoms with Crippen LogP contribution in [0, 0.1) is 0 Å². The molecule has 0 bridgehead atoms. The van der Waals surface area contributed by atoms with Crippen molar-refractivity contribution in [1.29, 1.82) is 0 Å². The van der Waals surface area contributed by atoms with Crippen LogP contribution in [0.25, 0.3) is 0 Å². The Morgan fingerprint density at radius 3 is 2.43 bits per heavy atom. The lowest BCUT2D eigenvalue weighted by atomic mass is 10.2. The Bertz CT molecular complexity index is 347. The number of hydrogen-bond donors (Lipinski definition) is 1. The maximum atomic E-state index is 11.9. The summed E-state index contributed by atoms with van der Waals surface area (Å²) < 4.78 is 5.11. The van der Waals surface area contributed by atoms with Crippen molar-refractivity contribution in [2.45, 2.75) is 45.6 Å². The predicted molar refractivity (Wildman–Crippen MR) is 82.2 cm³/mol. The van der Waals surface area contributed by atoms with E-state index in [1.165, 1.54) is 12.8 Å². The molecule has 0 aromatic heterocycles. The third kappa shape index (κ3) is 7.90. The summed E-state index contributed by atoms with van der Waals surface area (Å²) in [7, 11) is 1.81. The third-order valence-electron chi connectivity index (χ3n) is 3.38. The van der Waals surface area contributed by atoms with E-state index < -0.39 is 11.7 Å². The first-order chi connectivity index (χ1) is 9.78. The lowest BCUT2D eigenvalue weighted by Crippen LogP contribution is -2.38. The zero-order valence-corrected chi connectivity index (χ0v) is 13.8. The van der Waals surface area contributed by atoms with Crippen molar-refractivity contribution in [2.75, 3.05) is 39.8 Å². The van der Waals surface area contributed by atoms with Gasteiger partial charge >= 0.3 is 6.09 Å². The Morgan fingerprint density at radius 2 is 1.86 bits per heavy atom. The predicted octanol–water partition coefficient (Wildman–Crippen LogP) is 1.46. The lowest BCUT2D eigenvalue weighted by molar-refractivity contribution is -0.129. The van der Waals surface area contributed by atoms with Gasteiger partial charge in [0.15, 0.2) is 0 Å². The summed E-state index contributed by atoms with van der Waals surface area (Å²) in [5, 5.41) is 2.60. The highest BCUT2D eigenvalue weighted by molar-refractivity contribution is 5.77. The second-order valence-corrected chi connectivity index (χ2v) is 6.54. The Kier molecular flexibility index (Phi) is 6.95. The third-order valence-corrected chi connectivity index (χ3v) is 3.38. The van der Waals surface area contributed by atoms with Crippen LogP contribution >= 0.6 is 0 Å². The fourth-order valence-corrected chi connectivity index (χ4v) is 2.20. The monoisotopic (exact) mass is 299 g/mol. The van der Waals surface area contributed by atoms with E-state index in [1.807, 2.05) is 27.8 Å². The van der Waals surface area contributed by atoms with Gasteiger partial charge in [-0.05, 0) is 46.7 Å². The summed E-state index contributed by atoms with van der Waals surface area (Å²) in [6.07, 6.45) is 2.35. The maximum Gasteiger partial charge on any atom is 0.407 e. The number of carbonyl (C=O) groups excluding carboxylic acids is 2. The zero-order valence-electron chi connectivity index (χ0n) is 13.8. The van der Waals surface area contributed by atoms with E-state index >= 15 is 0 Å². The number of alkyl carbamates (subject to hydrolysis) is 1. The molecule has 0 aromatic carbocycles. The number of likely N-dealkylation sites (tertiary alicyclic amines) is 1. The van der Waals surface area contributed by atoms with Crippen LogP contribution in [-0.4, -0.2) is 67.2 Å². The number of rotatable bonds is 6. The van der Waals surface area contributed by atoms with Crippen LogP contribution in [0.5, 0.6) is 0 Å². The molecular weight excluding hydrogens is 270 g/mol. The molecular formula is C15H29N3O3. The van der Waals surface area contributed by atoms with Gasteiger partial charge in [-0.2, -0.15) is 0 Å². The maximum absolute atomic E-state index is 11.9. The topological polar surface area (TPSA) is 61.9 Å². The van der Waals surface area contributed by atoms with Crippen LogP contribution < -0.4 is 5.32 Å². The van der Waals surface area contributed by atoms with Crippen LogP contribution in [0.4, 0.5) is 4.79 Å². The van der Waals surface area contributed by atoms with Crippen molar-refractivity contribution in [3.8, 4) is 0 Å². The number of nitrogens with one attached hydrogen (secondary N) is 1. The number of hydrogen-bond acceptors (Lipinski definition) is 4. The Morgan fingerprint density at radius 1 is 1.24 bits per heavy atom. The molecule has 1 N–H and O–H groups in total. The van der Waals surface area contributed by atoms with Crippen LogP contribution in [-0.2, 0) is 9.53 Å². The van der Waals surface area contributed by atoms with E-state index in [0.29, 0.717) is 13.0 Å². The van der Waals surface area contributed by atoms with Gasteiger partial charge in [0.2, 0.25) is 5.91 Å². The first-order valence-electron chi connectivity index (χ1n) is 7.71. The van der Waals surface area contributed by atoms with Crippen molar-refractivity contribution >= 4 is 12.0 Å². The average molecular weight is 299 g/mol. The molecule has 0 unspecified atom stereocenters. The summed E-state index contributed by atoms with van der Waals surface area (Å²) >= 11 is 0. The minimum atomic E-state index is -0.513. The number of likely N-dealkylation sites (N-methyl/N-ethyl adjacent to an activating group) is 1. The van der Waals surface area contributed by atoms with Gasteiger partial charge in [-0.15, -0.1) is 0 Å². The molecule has 6 heteroatoms. The lowest BCUT2D eigenvalue weighted by Gasteiger charge is -2.22. The van der Waals surface area contributed by atoms with Gasteiger partial charge in [0, 0.05) is 33.1 Å². The van der Waals surface area contributed by atoms with Crippen LogP contribution in [0.2, 0.25) is 0 Å². The zero-order chi connectivity index (χ0) is 15.9. The largest absolute Gasteiger partial charge is 0.444 e. The first kappa shape index (κ1) is 17.8. The number of nitrogens with zero attached hydrogens (tertiary/aromatic N) is 2. The summed E-state index contributed by atoms with van der Waals surface area (Å²) in [5.41, 5.74) is -0.513. The Balaban J connectivity index is 2.13. The van der Waals surface area contributed by atoms with E-state index in [9.17, 15) is 9.59 Å². The number of ether oxygens (including phenoxy) is 1. The average Bonchev–Trinajstić information content (AvgIpc) is 2.86. The van der Waals surface area contributed by atoms with Gasteiger partial charge < -0.3 is 19.9 Å². The quantitative estimate of drug-likeness (QED) is 0.806. The van der Waals surface area contributed by atoms with Crippen LogP contribution in [0.3, 0.4) is 0 Å². The molecule has 1 aliphatic rings. The van der Waals surface area contributed by atoms with E-state index in [1.54, 1.807) is 4.90 Å². The fraction of sp³-hybridized carbons (Fsp3) is 0.867. The summed E-state index contributed by atoms with van der Waals surface area (Å²) in [5.74, 6) is 0.0465. The molecule has 0 spiro atoms. The fourth-order valence-electron chi connectivity index (χ4n) is 2.20. The van der Waals surface area contributed by atoms with Crippen molar-refractivity contribution in [2.24, 2.45) is 0 Å². The minimum absolute atomic E-state index is 0.0465. The molecule has 1 heterocycles. The number of amides is 2. The SMILES string of the molecule is CN(CCN1CCCC1)C(=O)CCNC(=O)OC(C)(C)C. The molecule has 0 radical (unpaired) electrons. The van der Waals surface area contributed by atoms with Crippen molar-refractivity contribution in [3.63, 3.8) is 0 Å². The highest BCUT2D eigenvalue weighted by Crippen LogP contribution is 2.07. The highest BCUT2D eigenvalue weighted by Gasteiger charge is 2.17. The normalized spacial score (nSPS) is 15.8. The van der Waals surface area contributed by atoms with Gasteiger partial charge in [0.1, 0.15) is 5.60 Å². The molecule has 2 amide bonds. The van der Waals surface area contributed by atoms with Crippen molar-refractivity contribution < 1.29 is 14.3 Å². The van der Waals surface area contributed by atoms with E-state index in [2.05, 4.69) is 10.2 Å². The molecule has 6 nitrogen and oxygen atoms in total. The van der Waals surface area contributed by atoms with Gasteiger partial charge in [-0.1, -0.05) is 0 Å². The molecule has 122 valence electrons. The van der Waals surface area contributed by atoms with Crippen molar-refractivity contribution in [3.05, 3.63) is 0 Å². The molecule has 0 aromatic rings. The van der Waals surface area contributed by atoms with Crippen LogP contribution in [0.1, 0.15) is 40.0 Å². The van der Waals surface area contributed by atoms with Crippen LogP contribution in [0.15, 0.2) is 0 Å². The summed E-state index contributed by atoms with van der Waals surface area (Å²) in [6.45, 7) is 9.69. The van der Waals surface area contributed by atoms with E-state index in [0.717, 1.165) is 26.2 Å². The van der Waals surface area contributed by atoms with Gasteiger partial charge in [0.25, 0.3) is 0 Å². The summed E-state index contributed by atoms with van der Waals surface area (Å²) in [4.78, 5) is 27.5. The smallest absolute Gasteiger partial charge is 0.407 e. The Labute approximate surface area is 127 Å². The molecule has 1 saturated heterocycles. The first-order valence-corrected chi connectivity index (χ1v) is 7.71. The van der Waals surface area contributed by atoms with Crippen molar-refractivity contribution in [1.82, 2.24) is 15.1 Å². The Hall–Kier alpha value is -1.30. The molecule has 0 aliphatic carbocycles. The minimum Gasteiger partial charge on any atom is -0.444 e. The highest BCUT2D eigenvalue weighted by atomic mass is 16.6. The summed E-state index contributed by atoms with van der Waals surface area (Å²) in [6, 6.07) is 0. The second kappa shape index (κ2) is 8.22. The molecule has 1 fully saturated rings. The molecule has 1 aliphatic heterocycles.